The van der Waals surface area contributed by atoms with E-state index in [-0.39, 0.29) is 0 Å². The standard InChI is InChI=1S/C48H32N2O/c1-3-12-35(13-4-1)49(36-14-5-2-6-15-36)37-21-23-38(24-22-37)50(40-26-30-46-45-17-9-10-18-47(45)51-48(46)32-40)39-25-29-42-34(31-39)20-28-43-41-16-8-7-11-33(41)19-27-44(42)43/h1-32H. The number of para-hydroxylation sites is 3. The summed E-state index contributed by atoms with van der Waals surface area (Å²) in [4.78, 5) is 4.62. The van der Waals surface area contributed by atoms with Gasteiger partial charge in [-0.3, -0.25) is 0 Å². The second kappa shape index (κ2) is 11.9. The fourth-order valence-corrected chi connectivity index (χ4v) is 7.61. The van der Waals surface area contributed by atoms with Crippen molar-refractivity contribution in [1.29, 1.82) is 0 Å². The van der Waals surface area contributed by atoms with Crippen LogP contribution in [0.2, 0.25) is 0 Å². The average Bonchev–Trinajstić information content (AvgIpc) is 3.57. The van der Waals surface area contributed by atoms with E-state index in [1.807, 2.05) is 12.1 Å². The van der Waals surface area contributed by atoms with Crippen LogP contribution in [-0.4, -0.2) is 0 Å². The van der Waals surface area contributed by atoms with Gasteiger partial charge in [0, 0.05) is 51.0 Å². The fraction of sp³-hybridized carbons (Fsp3) is 0. The monoisotopic (exact) mass is 652 g/mol. The van der Waals surface area contributed by atoms with Crippen molar-refractivity contribution in [2.45, 2.75) is 0 Å². The molecule has 10 aromatic rings. The predicted molar refractivity (Wildman–Crippen MR) is 216 cm³/mol. The van der Waals surface area contributed by atoms with Crippen LogP contribution in [0.15, 0.2) is 199 Å². The number of hydrogen-bond acceptors (Lipinski definition) is 3. The number of furan rings is 1. The Morgan fingerprint density at radius 3 is 1.37 bits per heavy atom. The Morgan fingerprint density at radius 2 is 0.686 bits per heavy atom. The lowest BCUT2D eigenvalue weighted by Crippen LogP contribution is -2.12. The molecule has 0 aliphatic heterocycles. The van der Waals surface area contributed by atoms with Crippen molar-refractivity contribution >= 4 is 88.4 Å². The van der Waals surface area contributed by atoms with Gasteiger partial charge in [0.05, 0.1) is 0 Å². The lowest BCUT2D eigenvalue weighted by Gasteiger charge is -2.28. The molecule has 0 saturated carbocycles. The van der Waals surface area contributed by atoms with Gasteiger partial charge in [-0.05, 0) is 111 Å². The smallest absolute Gasteiger partial charge is 0.137 e. The van der Waals surface area contributed by atoms with Crippen LogP contribution in [0, 0.1) is 0 Å². The zero-order chi connectivity index (χ0) is 33.7. The highest BCUT2D eigenvalue weighted by Gasteiger charge is 2.18. The maximum absolute atomic E-state index is 6.38. The Labute approximate surface area is 295 Å². The Bertz CT molecular complexity index is 2820. The predicted octanol–water partition coefficient (Wildman–Crippen LogP) is 14.0. The summed E-state index contributed by atoms with van der Waals surface area (Å²) in [5, 5.41) is 9.76. The second-order valence-corrected chi connectivity index (χ2v) is 13.0. The molecule has 0 N–H and O–H groups in total. The van der Waals surface area contributed by atoms with E-state index in [0.717, 1.165) is 56.1 Å². The van der Waals surface area contributed by atoms with Gasteiger partial charge in [0.1, 0.15) is 11.2 Å². The van der Waals surface area contributed by atoms with Gasteiger partial charge in [-0.2, -0.15) is 0 Å². The lowest BCUT2D eigenvalue weighted by molar-refractivity contribution is 0.669. The molecular weight excluding hydrogens is 621 g/mol. The molecule has 0 saturated heterocycles. The second-order valence-electron chi connectivity index (χ2n) is 13.0. The zero-order valence-corrected chi connectivity index (χ0v) is 27.8. The minimum atomic E-state index is 0.869. The van der Waals surface area contributed by atoms with Crippen molar-refractivity contribution in [3.05, 3.63) is 194 Å². The molecule has 0 amide bonds. The van der Waals surface area contributed by atoms with Gasteiger partial charge in [0.2, 0.25) is 0 Å². The first-order valence-electron chi connectivity index (χ1n) is 17.3. The van der Waals surface area contributed by atoms with Crippen LogP contribution in [0.5, 0.6) is 0 Å². The quantitative estimate of drug-likeness (QED) is 0.167. The van der Waals surface area contributed by atoms with Crippen LogP contribution in [0.1, 0.15) is 0 Å². The highest BCUT2D eigenvalue weighted by molar-refractivity contribution is 6.17. The van der Waals surface area contributed by atoms with Gasteiger partial charge < -0.3 is 14.2 Å². The maximum atomic E-state index is 6.38. The molecule has 0 bridgehead atoms. The van der Waals surface area contributed by atoms with Crippen molar-refractivity contribution < 1.29 is 4.42 Å². The molecule has 0 radical (unpaired) electrons. The first-order chi connectivity index (χ1) is 25.3. The molecule has 9 aromatic carbocycles. The molecule has 0 aliphatic carbocycles. The molecule has 1 aromatic heterocycles. The zero-order valence-electron chi connectivity index (χ0n) is 27.8. The molecule has 3 nitrogen and oxygen atoms in total. The topological polar surface area (TPSA) is 19.6 Å². The summed E-state index contributed by atoms with van der Waals surface area (Å²) < 4.78 is 6.38. The van der Waals surface area contributed by atoms with Crippen LogP contribution in [0.25, 0.3) is 54.3 Å². The summed E-state index contributed by atoms with van der Waals surface area (Å²) in [6.07, 6.45) is 0. The Balaban J connectivity index is 1.13. The van der Waals surface area contributed by atoms with Gasteiger partial charge in [-0.25, -0.2) is 0 Å². The van der Waals surface area contributed by atoms with Crippen molar-refractivity contribution in [3.63, 3.8) is 0 Å². The molecule has 10 rings (SSSR count). The van der Waals surface area contributed by atoms with Crippen molar-refractivity contribution in [3.8, 4) is 0 Å². The molecule has 0 aliphatic rings. The van der Waals surface area contributed by atoms with E-state index >= 15 is 0 Å². The molecular formula is C48H32N2O. The van der Waals surface area contributed by atoms with Crippen LogP contribution >= 0.6 is 0 Å². The van der Waals surface area contributed by atoms with Crippen molar-refractivity contribution in [2.24, 2.45) is 0 Å². The number of nitrogens with zero attached hydrogens (tertiary/aromatic N) is 2. The van der Waals surface area contributed by atoms with Crippen molar-refractivity contribution in [1.82, 2.24) is 0 Å². The normalized spacial score (nSPS) is 11.5. The minimum absolute atomic E-state index is 0.869. The maximum Gasteiger partial charge on any atom is 0.137 e. The third-order valence-electron chi connectivity index (χ3n) is 10.00. The average molecular weight is 653 g/mol. The highest BCUT2D eigenvalue weighted by atomic mass is 16.3. The van der Waals surface area contributed by atoms with Gasteiger partial charge in [-0.15, -0.1) is 0 Å². The number of anilines is 6. The number of benzene rings is 9. The van der Waals surface area contributed by atoms with E-state index in [9.17, 15) is 0 Å². The first kappa shape index (κ1) is 29.1. The molecule has 0 spiro atoms. The minimum Gasteiger partial charge on any atom is -0.456 e. The lowest BCUT2D eigenvalue weighted by atomic mass is 9.96. The summed E-state index contributed by atoms with van der Waals surface area (Å²) in [5.74, 6) is 0. The number of rotatable bonds is 6. The Kier molecular flexibility index (Phi) is 6.81. The summed E-state index contributed by atoms with van der Waals surface area (Å²) in [7, 11) is 0. The molecule has 0 fully saturated rings. The van der Waals surface area contributed by atoms with E-state index in [1.165, 1.54) is 32.3 Å². The number of fused-ring (bicyclic) bond motifs is 8. The number of hydrogen-bond donors (Lipinski definition) is 0. The highest BCUT2D eigenvalue weighted by Crippen LogP contribution is 2.42. The van der Waals surface area contributed by atoms with Crippen LogP contribution < -0.4 is 9.80 Å². The van der Waals surface area contributed by atoms with E-state index in [4.69, 9.17) is 4.42 Å². The molecule has 0 atom stereocenters. The fourth-order valence-electron chi connectivity index (χ4n) is 7.61. The van der Waals surface area contributed by atoms with Crippen LogP contribution in [0.4, 0.5) is 34.1 Å². The van der Waals surface area contributed by atoms with Gasteiger partial charge in [0.25, 0.3) is 0 Å². The first-order valence-corrected chi connectivity index (χ1v) is 17.3. The molecule has 3 heteroatoms. The summed E-state index contributed by atoms with van der Waals surface area (Å²) in [6.45, 7) is 0. The van der Waals surface area contributed by atoms with Gasteiger partial charge in [-0.1, -0.05) is 109 Å². The van der Waals surface area contributed by atoms with E-state index in [0.29, 0.717) is 0 Å². The van der Waals surface area contributed by atoms with E-state index in [1.54, 1.807) is 0 Å². The Morgan fingerprint density at radius 1 is 0.255 bits per heavy atom. The van der Waals surface area contributed by atoms with Gasteiger partial charge >= 0.3 is 0 Å². The summed E-state index contributed by atoms with van der Waals surface area (Å²) in [5.41, 5.74) is 8.23. The largest absolute Gasteiger partial charge is 0.456 e. The third kappa shape index (κ3) is 4.98. The third-order valence-corrected chi connectivity index (χ3v) is 10.00. The molecule has 0 unspecified atom stereocenters. The van der Waals surface area contributed by atoms with E-state index < -0.39 is 0 Å². The SMILES string of the molecule is c1ccc(N(c2ccccc2)c2ccc(N(c3ccc4c(ccc5c6ccccc6ccc45)c3)c3ccc4c(c3)oc3ccccc34)cc2)cc1. The van der Waals surface area contributed by atoms with Gasteiger partial charge in [0.15, 0.2) is 0 Å². The van der Waals surface area contributed by atoms with Crippen LogP contribution in [-0.2, 0) is 0 Å². The van der Waals surface area contributed by atoms with Crippen molar-refractivity contribution in [2.75, 3.05) is 9.80 Å². The summed E-state index contributed by atoms with van der Waals surface area (Å²) >= 11 is 0. The van der Waals surface area contributed by atoms with Crippen LogP contribution in [0.3, 0.4) is 0 Å². The molecule has 51 heavy (non-hydrogen) atoms. The summed E-state index contributed by atoms with van der Waals surface area (Å²) in [6, 6.07) is 69.2. The molecule has 1 heterocycles. The Hall–Kier alpha value is -6.84. The molecule has 240 valence electrons. The van der Waals surface area contributed by atoms with E-state index in [2.05, 4.69) is 192 Å².